The maximum Gasteiger partial charge on any atom is 0.397 e. The Labute approximate surface area is 137 Å². The highest BCUT2D eigenvalue weighted by molar-refractivity contribution is 6.34. The number of rotatable bonds is 1. The molecule has 0 unspecified atom stereocenters. The number of halogens is 4. The summed E-state index contributed by atoms with van der Waals surface area (Å²) in [4.78, 5) is 15.7. The lowest BCUT2D eigenvalue weighted by Gasteiger charge is -2.48. The summed E-state index contributed by atoms with van der Waals surface area (Å²) in [6.45, 7) is 2.53. The van der Waals surface area contributed by atoms with E-state index in [4.69, 9.17) is 11.6 Å². The highest BCUT2D eigenvalue weighted by atomic mass is 35.5. The number of likely N-dealkylation sites (tertiary alicyclic amines) is 1. The van der Waals surface area contributed by atoms with Crippen molar-refractivity contribution in [3.05, 3.63) is 16.4 Å². The standard InChI is InChI=1S/C14H18ClF3N4O/c1-13(14(16,17)18)7-21(8-13)12(23)11-10(15)9-6-20(2)4-3-5-22(9)19-11/h3-8H2,1-2H3. The molecule has 3 rings (SSSR count). The van der Waals surface area contributed by atoms with E-state index in [9.17, 15) is 18.0 Å². The molecule has 2 aliphatic rings. The second-order valence-electron chi connectivity index (χ2n) is 6.64. The lowest BCUT2D eigenvalue weighted by molar-refractivity contribution is -0.252. The van der Waals surface area contributed by atoms with Crippen LogP contribution in [-0.4, -0.2) is 58.3 Å². The molecule has 0 aliphatic carbocycles. The monoisotopic (exact) mass is 350 g/mol. The fraction of sp³-hybridized carbons (Fsp3) is 0.714. The quantitative estimate of drug-likeness (QED) is 0.781. The molecule has 9 heteroatoms. The normalized spacial score (nSPS) is 21.6. The lowest BCUT2D eigenvalue weighted by atomic mass is 9.81. The van der Waals surface area contributed by atoms with Gasteiger partial charge in [-0.3, -0.25) is 9.48 Å². The first kappa shape index (κ1) is 16.6. The van der Waals surface area contributed by atoms with Gasteiger partial charge in [-0.25, -0.2) is 0 Å². The summed E-state index contributed by atoms with van der Waals surface area (Å²) in [6, 6.07) is 0. The van der Waals surface area contributed by atoms with Crippen molar-refractivity contribution in [3.8, 4) is 0 Å². The van der Waals surface area contributed by atoms with Crippen molar-refractivity contribution in [3.63, 3.8) is 0 Å². The number of aromatic nitrogens is 2. The predicted octanol–water partition coefficient (Wildman–Crippen LogP) is 2.40. The van der Waals surface area contributed by atoms with Gasteiger partial charge in [-0.1, -0.05) is 11.6 Å². The Balaban J connectivity index is 1.79. The van der Waals surface area contributed by atoms with E-state index in [1.54, 1.807) is 4.68 Å². The van der Waals surface area contributed by atoms with Crippen LogP contribution in [0.2, 0.25) is 5.02 Å². The summed E-state index contributed by atoms with van der Waals surface area (Å²) in [6.07, 6.45) is -3.44. The van der Waals surface area contributed by atoms with Gasteiger partial charge in [0, 0.05) is 32.7 Å². The van der Waals surface area contributed by atoms with Crippen molar-refractivity contribution in [2.24, 2.45) is 5.41 Å². The van der Waals surface area contributed by atoms with E-state index < -0.39 is 17.5 Å². The molecule has 1 amide bonds. The first-order valence-electron chi connectivity index (χ1n) is 7.42. The van der Waals surface area contributed by atoms with E-state index in [-0.39, 0.29) is 23.8 Å². The largest absolute Gasteiger partial charge is 0.397 e. The van der Waals surface area contributed by atoms with Crippen LogP contribution in [0.4, 0.5) is 13.2 Å². The maximum atomic E-state index is 12.9. The van der Waals surface area contributed by atoms with Gasteiger partial charge in [0.1, 0.15) is 0 Å². The van der Waals surface area contributed by atoms with E-state index >= 15 is 0 Å². The second kappa shape index (κ2) is 5.37. The maximum absolute atomic E-state index is 12.9. The van der Waals surface area contributed by atoms with Crippen LogP contribution in [0.25, 0.3) is 0 Å². The third kappa shape index (κ3) is 2.71. The van der Waals surface area contributed by atoms with Gasteiger partial charge in [-0.05, 0) is 20.4 Å². The summed E-state index contributed by atoms with van der Waals surface area (Å²) in [5, 5.41) is 4.50. The first-order chi connectivity index (χ1) is 10.6. The fourth-order valence-corrected chi connectivity index (χ4v) is 3.32. The van der Waals surface area contributed by atoms with Gasteiger partial charge in [0.05, 0.1) is 16.1 Å². The zero-order valence-electron chi connectivity index (χ0n) is 13.0. The molecule has 0 N–H and O–H groups in total. The predicted molar refractivity (Wildman–Crippen MR) is 78.3 cm³/mol. The van der Waals surface area contributed by atoms with Crippen LogP contribution < -0.4 is 0 Å². The minimum atomic E-state index is -4.32. The summed E-state index contributed by atoms with van der Waals surface area (Å²) < 4.78 is 40.4. The van der Waals surface area contributed by atoms with Gasteiger partial charge in [0.25, 0.3) is 5.91 Å². The Hall–Kier alpha value is -1.28. The number of alkyl halides is 3. The molecule has 0 saturated carbocycles. The van der Waals surface area contributed by atoms with Crippen molar-refractivity contribution >= 4 is 17.5 Å². The van der Waals surface area contributed by atoms with E-state index in [1.165, 1.54) is 0 Å². The summed E-state index contributed by atoms with van der Waals surface area (Å²) >= 11 is 6.28. The van der Waals surface area contributed by atoms with Crippen LogP contribution in [-0.2, 0) is 13.1 Å². The molecule has 0 atom stereocenters. The zero-order valence-corrected chi connectivity index (χ0v) is 13.7. The van der Waals surface area contributed by atoms with Crippen molar-refractivity contribution in [1.82, 2.24) is 19.6 Å². The van der Waals surface area contributed by atoms with Crippen LogP contribution in [0.15, 0.2) is 0 Å². The Morgan fingerprint density at radius 1 is 1.30 bits per heavy atom. The van der Waals surface area contributed by atoms with Gasteiger partial charge in [-0.2, -0.15) is 18.3 Å². The first-order valence-corrected chi connectivity index (χ1v) is 7.80. The van der Waals surface area contributed by atoms with Gasteiger partial charge >= 0.3 is 6.18 Å². The van der Waals surface area contributed by atoms with Crippen molar-refractivity contribution in [1.29, 1.82) is 0 Å². The molecule has 128 valence electrons. The molecule has 1 saturated heterocycles. The Kier molecular flexibility index (Phi) is 3.87. The minimum absolute atomic E-state index is 0.0567. The molecule has 2 aliphatic heterocycles. The smallest absolute Gasteiger partial charge is 0.335 e. The number of amides is 1. The number of carbonyl (C=O) groups excluding carboxylic acids is 1. The fourth-order valence-electron chi connectivity index (χ4n) is 3.04. The van der Waals surface area contributed by atoms with Crippen LogP contribution >= 0.6 is 11.6 Å². The SMILES string of the molecule is CN1CCCn2nc(C(=O)N3CC(C)(C(F)(F)F)C3)c(Cl)c2C1. The summed E-state index contributed by atoms with van der Waals surface area (Å²) in [5.74, 6) is -0.528. The molecule has 0 radical (unpaired) electrons. The van der Waals surface area contributed by atoms with Crippen LogP contribution in [0.3, 0.4) is 0 Å². The van der Waals surface area contributed by atoms with E-state index in [0.29, 0.717) is 13.1 Å². The molecule has 3 heterocycles. The molecule has 23 heavy (non-hydrogen) atoms. The number of carbonyl (C=O) groups is 1. The molecular formula is C14H18ClF3N4O. The summed E-state index contributed by atoms with van der Waals surface area (Å²) in [5.41, 5.74) is -1.04. The molecule has 1 fully saturated rings. The number of aryl methyl sites for hydroxylation is 1. The average molecular weight is 351 g/mol. The van der Waals surface area contributed by atoms with Gasteiger partial charge < -0.3 is 9.80 Å². The molecule has 1 aromatic heterocycles. The number of hydrogen-bond donors (Lipinski definition) is 0. The van der Waals surface area contributed by atoms with Crippen LogP contribution in [0, 0.1) is 5.41 Å². The van der Waals surface area contributed by atoms with Crippen molar-refractivity contribution < 1.29 is 18.0 Å². The van der Waals surface area contributed by atoms with E-state index in [0.717, 1.165) is 30.5 Å². The topological polar surface area (TPSA) is 41.4 Å². The van der Waals surface area contributed by atoms with Crippen molar-refractivity contribution in [2.45, 2.75) is 32.6 Å². The average Bonchev–Trinajstić information content (AvgIpc) is 2.60. The van der Waals surface area contributed by atoms with Gasteiger partial charge in [-0.15, -0.1) is 0 Å². The zero-order chi connectivity index (χ0) is 17.0. The molecule has 0 spiro atoms. The summed E-state index contributed by atoms with van der Waals surface area (Å²) in [7, 11) is 1.95. The third-order valence-corrected chi connectivity index (χ3v) is 4.97. The van der Waals surface area contributed by atoms with Crippen LogP contribution in [0.1, 0.15) is 29.5 Å². The number of hydrogen-bond acceptors (Lipinski definition) is 3. The third-order valence-electron chi connectivity index (χ3n) is 4.58. The Morgan fingerprint density at radius 3 is 2.57 bits per heavy atom. The molecule has 0 aromatic carbocycles. The van der Waals surface area contributed by atoms with Crippen molar-refractivity contribution in [2.75, 3.05) is 26.7 Å². The lowest BCUT2D eigenvalue weighted by Crippen LogP contribution is -2.63. The molecule has 0 bridgehead atoms. The minimum Gasteiger partial charge on any atom is -0.335 e. The van der Waals surface area contributed by atoms with E-state index in [1.807, 2.05) is 7.05 Å². The highest BCUT2D eigenvalue weighted by Gasteiger charge is 2.59. The Bertz CT molecular complexity index is 637. The number of fused-ring (bicyclic) bond motifs is 1. The molecular weight excluding hydrogens is 333 g/mol. The van der Waals surface area contributed by atoms with Gasteiger partial charge in [0.15, 0.2) is 5.69 Å². The van der Waals surface area contributed by atoms with Crippen LogP contribution in [0.5, 0.6) is 0 Å². The molecule has 5 nitrogen and oxygen atoms in total. The number of nitrogens with zero attached hydrogens (tertiary/aromatic N) is 4. The highest BCUT2D eigenvalue weighted by Crippen LogP contribution is 2.45. The second-order valence-corrected chi connectivity index (χ2v) is 7.02. The van der Waals surface area contributed by atoms with E-state index in [2.05, 4.69) is 10.00 Å². The Morgan fingerprint density at radius 2 is 1.96 bits per heavy atom. The molecule has 1 aromatic rings. The van der Waals surface area contributed by atoms with Gasteiger partial charge in [0.2, 0.25) is 0 Å².